The van der Waals surface area contributed by atoms with Gasteiger partial charge < -0.3 is 0 Å². The van der Waals surface area contributed by atoms with Crippen LogP contribution < -0.4 is 5.32 Å². The molecule has 1 rings (SSSR count). The van der Waals surface area contributed by atoms with Crippen LogP contribution in [0, 0.1) is 12.3 Å². The predicted molar refractivity (Wildman–Crippen MR) is 43.9 cm³/mol. The molecular weight excluding hydrogens is 154 g/mol. The number of nitrogens with zero attached hydrogens (tertiary/aromatic N) is 4. The van der Waals surface area contributed by atoms with Crippen LogP contribution in [-0.4, -0.2) is 26.2 Å². The van der Waals surface area contributed by atoms with Gasteiger partial charge in [-0.15, -0.1) is 16.6 Å². The van der Waals surface area contributed by atoms with Crippen molar-refractivity contribution in [3.05, 3.63) is 5.82 Å². The monoisotopic (exact) mass is 165 g/mol. The van der Waals surface area contributed by atoms with E-state index in [-0.39, 0.29) is 6.04 Å². The number of nitrogens with one attached hydrogen (secondary N) is 1. The maximum absolute atomic E-state index is 5.17. The van der Waals surface area contributed by atoms with Crippen molar-refractivity contribution in [3.8, 4) is 12.3 Å². The van der Waals surface area contributed by atoms with Gasteiger partial charge in [-0.25, -0.2) is 0 Å². The molecule has 64 valence electrons. The average Bonchev–Trinajstić information content (AvgIpc) is 2.47. The van der Waals surface area contributed by atoms with E-state index in [2.05, 4.69) is 26.6 Å². The van der Waals surface area contributed by atoms with Crippen LogP contribution in [0.3, 0.4) is 0 Å². The second-order valence-corrected chi connectivity index (χ2v) is 2.46. The van der Waals surface area contributed by atoms with E-state index in [9.17, 15) is 0 Å². The van der Waals surface area contributed by atoms with Gasteiger partial charge in [0.25, 0.3) is 0 Å². The molecule has 0 bridgehead atoms. The first kappa shape index (κ1) is 8.68. The Morgan fingerprint density at radius 3 is 3.00 bits per heavy atom. The minimum atomic E-state index is 0.0359. The van der Waals surface area contributed by atoms with Crippen molar-refractivity contribution in [2.24, 2.45) is 7.05 Å². The number of rotatable bonds is 3. The third-order valence-corrected chi connectivity index (χ3v) is 1.37. The smallest absolute Gasteiger partial charge is 0.188 e. The highest BCUT2D eigenvalue weighted by Gasteiger charge is 2.00. The molecule has 0 aliphatic heterocycles. The third-order valence-electron chi connectivity index (χ3n) is 1.37. The second kappa shape index (κ2) is 3.83. The summed E-state index contributed by atoms with van der Waals surface area (Å²) in [4.78, 5) is 1.41. The summed E-state index contributed by atoms with van der Waals surface area (Å²) < 4.78 is 0. The highest BCUT2D eigenvalue weighted by atomic mass is 15.6. The van der Waals surface area contributed by atoms with E-state index < -0.39 is 0 Å². The number of terminal acetylenes is 1. The Balaban J connectivity index is 2.39. The molecule has 1 unspecified atom stereocenters. The van der Waals surface area contributed by atoms with Crippen molar-refractivity contribution in [1.29, 1.82) is 0 Å². The fourth-order valence-electron chi connectivity index (χ4n) is 0.697. The summed E-state index contributed by atoms with van der Waals surface area (Å²) in [5, 5.41) is 14.5. The van der Waals surface area contributed by atoms with Crippen LogP contribution in [0.1, 0.15) is 12.7 Å². The molecule has 0 spiro atoms. The van der Waals surface area contributed by atoms with Crippen LogP contribution in [0.4, 0.5) is 0 Å². The highest BCUT2D eigenvalue weighted by Crippen LogP contribution is 1.85. The molecule has 0 amide bonds. The van der Waals surface area contributed by atoms with Crippen molar-refractivity contribution in [2.45, 2.75) is 19.5 Å². The summed E-state index contributed by atoms with van der Waals surface area (Å²) in [7, 11) is 1.72. The molecule has 0 fully saturated rings. The van der Waals surface area contributed by atoms with Gasteiger partial charge in [0.1, 0.15) is 0 Å². The molecule has 0 saturated carbocycles. The van der Waals surface area contributed by atoms with E-state index in [0.717, 1.165) is 0 Å². The zero-order valence-electron chi connectivity index (χ0n) is 7.15. The normalized spacial score (nSPS) is 12.4. The summed E-state index contributed by atoms with van der Waals surface area (Å²) in [6.07, 6.45) is 5.17. The van der Waals surface area contributed by atoms with Crippen molar-refractivity contribution in [1.82, 2.24) is 25.5 Å². The lowest BCUT2D eigenvalue weighted by molar-refractivity contribution is 0.607. The number of tetrazole rings is 1. The Kier molecular flexibility index (Phi) is 2.77. The maximum Gasteiger partial charge on any atom is 0.188 e. The van der Waals surface area contributed by atoms with E-state index in [1.54, 1.807) is 7.05 Å². The van der Waals surface area contributed by atoms with Gasteiger partial charge in [0.05, 0.1) is 19.6 Å². The molecule has 0 radical (unpaired) electrons. The number of aromatic nitrogens is 4. The first-order valence-electron chi connectivity index (χ1n) is 3.64. The van der Waals surface area contributed by atoms with E-state index in [0.29, 0.717) is 12.4 Å². The van der Waals surface area contributed by atoms with E-state index in [1.807, 2.05) is 6.92 Å². The maximum atomic E-state index is 5.17. The topological polar surface area (TPSA) is 55.6 Å². The Morgan fingerprint density at radius 2 is 2.50 bits per heavy atom. The number of aryl methyl sites for hydroxylation is 1. The minimum absolute atomic E-state index is 0.0359. The lowest BCUT2D eigenvalue weighted by atomic mass is 10.3. The van der Waals surface area contributed by atoms with E-state index in [4.69, 9.17) is 6.42 Å². The Labute approximate surface area is 71.2 Å². The molecule has 0 aliphatic carbocycles. The largest absolute Gasteiger partial charge is 0.297 e. The average molecular weight is 165 g/mol. The second-order valence-electron chi connectivity index (χ2n) is 2.46. The Hall–Kier alpha value is -1.41. The highest BCUT2D eigenvalue weighted by molar-refractivity contribution is 4.96. The minimum Gasteiger partial charge on any atom is -0.297 e. The van der Waals surface area contributed by atoms with Gasteiger partial charge in [0.2, 0.25) is 0 Å². The van der Waals surface area contributed by atoms with Crippen LogP contribution in [0.2, 0.25) is 0 Å². The number of hydrogen-bond donors (Lipinski definition) is 1. The molecule has 0 aromatic carbocycles. The SMILES string of the molecule is C#CC(C)NCc1nnn(C)n1. The van der Waals surface area contributed by atoms with Crippen LogP contribution in [0.15, 0.2) is 0 Å². The summed E-state index contributed by atoms with van der Waals surface area (Å²) in [6, 6.07) is 0.0359. The van der Waals surface area contributed by atoms with Crippen LogP contribution in [0.5, 0.6) is 0 Å². The first-order valence-corrected chi connectivity index (χ1v) is 3.64. The standard InChI is InChI=1S/C7H11N5/c1-4-6(2)8-5-7-9-11-12(3)10-7/h1,6,8H,5H2,2-3H3. The molecule has 1 heterocycles. The van der Waals surface area contributed by atoms with Gasteiger partial charge >= 0.3 is 0 Å². The lowest BCUT2D eigenvalue weighted by Gasteiger charge is -2.02. The van der Waals surface area contributed by atoms with E-state index in [1.165, 1.54) is 4.80 Å². The molecule has 1 aromatic rings. The van der Waals surface area contributed by atoms with Gasteiger partial charge in [-0.05, 0) is 12.1 Å². The molecule has 12 heavy (non-hydrogen) atoms. The summed E-state index contributed by atoms with van der Waals surface area (Å²) in [6.45, 7) is 2.45. The molecular formula is C7H11N5. The molecule has 1 atom stereocenters. The fourth-order valence-corrected chi connectivity index (χ4v) is 0.697. The predicted octanol–water partition coefficient (Wildman–Crippen LogP) is -0.679. The number of hydrogen-bond acceptors (Lipinski definition) is 4. The Bertz CT molecular complexity index is 284. The quantitative estimate of drug-likeness (QED) is 0.603. The fraction of sp³-hybridized carbons (Fsp3) is 0.571. The van der Waals surface area contributed by atoms with Gasteiger partial charge in [-0.3, -0.25) is 5.32 Å². The van der Waals surface area contributed by atoms with Crippen molar-refractivity contribution < 1.29 is 0 Å². The lowest BCUT2D eigenvalue weighted by Crippen LogP contribution is -2.24. The summed E-state index contributed by atoms with van der Waals surface area (Å²) >= 11 is 0. The molecule has 0 aliphatic rings. The van der Waals surface area contributed by atoms with Gasteiger partial charge in [0, 0.05) is 0 Å². The van der Waals surface area contributed by atoms with Gasteiger partial charge in [-0.1, -0.05) is 5.92 Å². The van der Waals surface area contributed by atoms with Gasteiger partial charge in [0.15, 0.2) is 5.82 Å². The molecule has 0 saturated heterocycles. The molecule has 1 aromatic heterocycles. The van der Waals surface area contributed by atoms with Crippen molar-refractivity contribution >= 4 is 0 Å². The zero-order chi connectivity index (χ0) is 8.97. The van der Waals surface area contributed by atoms with Crippen LogP contribution >= 0.6 is 0 Å². The first-order chi connectivity index (χ1) is 5.72. The Morgan fingerprint density at radius 1 is 1.75 bits per heavy atom. The van der Waals surface area contributed by atoms with Crippen molar-refractivity contribution in [2.75, 3.05) is 0 Å². The summed E-state index contributed by atoms with van der Waals surface area (Å²) in [5.74, 6) is 3.20. The third kappa shape index (κ3) is 2.32. The summed E-state index contributed by atoms with van der Waals surface area (Å²) in [5.41, 5.74) is 0. The molecule has 5 nitrogen and oxygen atoms in total. The van der Waals surface area contributed by atoms with Gasteiger partial charge in [-0.2, -0.15) is 4.80 Å². The zero-order valence-corrected chi connectivity index (χ0v) is 7.15. The van der Waals surface area contributed by atoms with Crippen LogP contribution in [-0.2, 0) is 13.6 Å². The van der Waals surface area contributed by atoms with Crippen LogP contribution in [0.25, 0.3) is 0 Å². The molecule has 1 N–H and O–H groups in total. The van der Waals surface area contributed by atoms with Crippen molar-refractivity contribution in [3.63, 3.8) is 0 Å². The molecule has 5 heteroatoms. The van der Waals surface area contributed by atoms with E-state index >= 15 is 0 Å².